The standard InChI is InChI=1S/C16H21N3OS/c1-19(10-7-14-5-2-3-9-17-14)11-8-16(20)18-13-15-6-4-12-21-15/h2-6,9,12H,7-8,10-11,13H2,1H3,(H,18,20). The Morgan fingerprint density at radius 2 is 2.19 bits per heavy atom. The van der Waals surface area contributed by atoms with Gasteiger partial charge in [-0.25, -0.2) is 0 Å². The quantitative estimate of drug-likeness (QED) is 0.814. The third kappa shape index (κ3) is 6.06. The van der Waals surface area contributed by atoms with Crippen LogP contribution in [0.15, 0.2) is 41.9 Å². The molecule has 0 aromatic carbocycles. The number of thiophene rings is 1. The third-order valence-corrected chi connectivity index (χ3v) is 4.11. The fourth-order valence-electron chi connectivity index (χ4n) is 1.94. The SMILES string of the molecule is CN(CCC(=O)NCc1cccs1)CCc1ccccn1. The highest BCUT2D eigenvalue weighted by molar-refractivity contribution is 7.09. The molecule has 2 heterocycles. The summed E-state index contributed by atoms with van der Waals surface area (Å²) in [7, 11) is 2.04. The van der Waals surface area contributed by atoms with Crippen molar-refractivity contribution in [2.75, 3.05) is 20.1 Å². The van der Waals surface area contributed by atoms with Crippen molar-refractivity contribution >= 4 is 17.2 Å². The molecular weight excluding hydrogens is 282 g/mol. The van der Waals surface area contributed by atoms with Crippen LogP contribution in [0.1, 0.15) is 17.0 Å². The number of nitrogens with one attached hydrogen (secondary N) is 1. The van der Waals surface area contributed by atoms with E-state index < -0.39 is 0 Å². The molecule has 1 N–H and O–H groups in total. The van der Waals surface area contributed by atoms with Crippen molar-refractivity contribution in [2.24, 2.45) is 0 Å². The van der Waals surface area contributed by atoms with Gasteiger partial charge in [0.15, 0.2) is 0 Å². The van der Waals surface area contributed by atoms with E-state index in [-0.39, 0.29) is 5.91 Å². The zero-order valence-electron chi connectivity index (χ0n) is 12.3. The van der Waals surface area contributed by atoms with E-state index in [1.165, 1.54) is 4.88 Å². The van der Waals surface area contributed by atoms with Crippen molar-refractivity contribution in [1.82, 2.24) is 15.2 Å². The number of aromatic nitrogens is 1. The Kier molecular flexibility index (Phi) is 6.37. The zero-order chi connectivity index (χ0) is 14.9. The molecule has 0 aliphatic carbocycles. The molecule has 0 spiro atoms. The summed E-state index contributed by atoms with van der Waals surface area (Å²) >= 11 is 1.66. The fourth-order valence-corrected chi connectivity index (χ4v) is 2.59. The number of rotatable bonds is 8. The fraction of sp³-hybridized carbons (Fsp3) is 0.375. The first-order valence-corrected chi connectivity index (χ1v) is 7.99. The maximum atomic E-state index is 11.8. The Bertz CT molecular complexity index is 528. The number of pyridine rings is 1. The van der Waals surface area contributed by atoms with Crippen LogP contribution < -0.4 is 5.32 Å². The Balaban J connectivity index is 1.59. The molecule has 5 heteroatoms. The molecule has 2 aromatic rings. The molecule has 0 aliphatic rings. The normalized spacial score (nSPS) is 10.8. The first kappa shape index (κ1) is 15.7. The highest BCUT2D eigenvalue weighted by atomic mass is 32.1. The van der Waals surface area contributed by atoms with Gasteiger partial charge in [0.1, 0.15) is 0 Å². The van der Waals surface area contributed by atoms with Crippen LogP contribution in [0, 0.1) is 0 Å². The molecule has 4 nitrogen and oxygen atoms in total. The van der Waals surface area contributed by atoms with Crippen molar-refractivity contribution in [3.63, 3.8) is 0 Å². The van der Waals surface area contributed by atoms with Gasteiger partial charge < -0.3 is 10.2 Å². The first-order valence-electron chi connectivity index (χ1n) is 7.11. The van der Waals surface area contributed by atoms with Crippen molar-refractivity contribution in [3.05, 3.63) is 52.5 Å². The summed E-state index contributed by atoms with van der Waals surface area (Å²) in [6.07, 6.45) is 3.26. The molecule has 2 aromatic heterocycles. The van der Waals surface area contributed by atoms with Gasteiger partial charge in [-0.1, -0.05) is 12.1 Å². The summed E-state index contributed by atoms with van der Waals surface area (Å²) < 4.78 is 0. The number of hydrogen-bond donors (Lipinski definition) is 1. The van der Waals surface area contributed by atoms with Gasteiger partial charge >= 0.3 is 0 Å². The van der Waals surface area contributed by atoms with Gasteiger partial charge in [0.2, 0.25) is 5.91 Å². The van der Waals surface area contributed by atoms with E-state index in [9.17, 15) is 4.79 Å². The summed E-state index contributed by atoms with van der Waals surface area (Å²) in [4.78, 5) is 19.4. The summed E-state index contributed by atoms with van der Waals surface area (Å²) in [5.74, 6) is 0.105. The number of amides is 1. The second kappa shape index (κ2) is 8.54. The van der Waals surface area contributed by atoms with Crippen LogP contribution in [-0.4, -0.2) is 35.9 Å². The minimum absolute atomic E-state index is 0.105. The van der Waals surface area contributed by atoms with Crippen molar-refractivity contribution in [3.8, 4) is 0 Å². The van der Waals surface area contributed by atoms with Crippen molar-refractivity contribution < 1.29 is 4.79 Å². The maximum Gasteiger partial charge on any atom is 0.221 e. The Hall–Kier alpha value is -1.72. The average Bonchev–Trinajstić information content (AvgIpc) is 3.03. The molecule has 0 saturated heterocycles. The summed E-state index contributed by atoms with van der Waals surface area (Å²) in [6, 6.07) is 9.98. The number of likely N-dealkylation sites (N-methyl/N-ethyl adjacent to an activating group) is 1. The molecule has 0 fully saturated rings. The lowest BCUT2D eigenvalue weighted by atomic mass is 10.2. The van der Waals surface area contributed by atoms with Crippen LogP contribution in [0.3, 0.4) is 0 Å². The average molecular weight is 303 g/mol. The molecular formula is C16H21N3OS. The molecule has 0 bridgehead atoms. The number of carbonyl (C=O) groups is 1. The van der Waals surface area contributed by atoms with Crippen LogP contribution in [0.5, 0.6) is 0 Å². The molecule has 2 rings (SSSR count). The van der Waals surface area contributed by atoms with Gasteiger partial charge in [-0.05, 0) is 30.6 Å². The van der Waals surface area contributed by atoms with E-state index in [1.807, 2.05) is 49.0 Å². The van der Waals surface area contributed by atoms with Crippen LogP contribution in [-0.2, 0) is 17.8 Å². The van der Waals surface area contributed by atoms with Gasteiger partial charge in [0.25, 0.3) is 0 Å². The molecule has 1 amide bonds. The van der Waals surface area contributed by atoms with Crippen LogP contribution in [0.25, 0.3) is 0 Å². The number of hydrogen-bond acceptors (Lipinski definition) is 4. The molecule has 0 unspecified atom stereocenters. The predicted octanol–water partition coefficient (Wildman–Crippen LogP) is 2.32. The summed E-state index contributed by atoms with van der Waals surface area (Å²) in [5.41, 5.74) is 1.09. The Morgan fingerprint density at radius 3 is 2.90 bits per heavy atom. The Labute approximate surface area is 129 Å². The largest absolute Gasteiger partial charge is 0.351 e. The van der Waals surface area contributed by atoms with Gasteiger partial charge in [-0.15, -0.1) is 11.3 Å². The summed E-state index contributed by atoms with van der Waals surface area (Å²) in [6.45, 7) is 2.31. The summed E-state index contributed by atoms with van der Waals surface area (Å²) in [5, 5.41) is 4.97. The molecule has 0 atom stereocenters. The monoisotopic (exact) mass is 303 g/mol. The molecule has 0 saturated carbocycles. The van der Waals surface area contributed by atoms with Gasteiger partial charge in [-0.2, -0.15) is 0 Å². The van der Waals surface area contributed by atoms with E-state index in [0.29, 0.717) is 13.0 Å². The van der Waals surface area contributed by atoms with Crippen LogP contribution in [0.2, 0.25) is 0 Å². The maximum absolute atomic E-state index is 11.8. The van der Waals surface area contributed by atoms with Crippen molar-refractivity contribution in [2.45, 2.75) is 19.4 Å². The lowest BCUT2D eigenvalue weighted by Crippen LogP contribution is -2.29. The van der Waals surface area contributed by atoms with E-state index in [0.717, 1.165) is 25.2 Å². The van der Waals surface area contributed by atoms with E-state index in [1.54, 1.807) is 11.3 Å². The van der Waals surface area contributed by atoms with Crippen LogP contribution >= 0.6 is 11.3 Å². The predicted molar refractivity (Wildman–Crippen MR) is 86.2 cm³/mol. The van der Waals surface area contributed by atoms with E-state index >= 15 is 0 Å². The third-order valence-electron chi connectivity index (χ3n) is 3.24. The van der Waals surface area contributed by atoms with E-state index in [4.69, 9.17) is 0 Å². The van der Waals surface area contributed by atoms with Gasteiger partial charge in [-0.3, -0.25) is 9.78 Å². The lowest BCUT2D eigenvalue weighted by molar-refractivity contribution is -0.121. The Morgan fingerprint density at radius 1 is 1.29 bits per heavy atom. The smallest absolute Gasteiger partial charge is 0.221 e. The molecule has 21 heavy (non-hydrogen) atoms. The second-order valence-electron chi connectivity index (χ2n) is 4.98. The minimum atomic E-state index is 0.105. The highest BCUT2D eigenvalue weighted by Gasteiger charge is 2.05. The van der Waals surface area contributed by atoms with Gasteiger partial charge in [0, 0.05) is 42.7 Å². The molecule has 0 aliphatic heterocycles. The van der Waals surface area contributed by atoms with Crippen LogP contribution in [0.4, 0.5) is 0 Å². The topological polar surface area (TPSA) is 45.2 Å². The van der Waals surface area contributed by atoms with Crippen molar-refractivity contribution in [1.29, 1.82) is 0 Å². The lowest BCUT2D eigenvalue weighted by Gasteiger charge is -2.15. The minimum Gasteiger partial charge on any atom is -0.351 e. The molecule has 0 radical (unpaired) electrons. The second-order valence-corrected chi connectivity index (χ2v) is 6.01. The molecule has 112 valence electrons. The highest BCUT2D eigenvalue weighted by Crippen LogP contribution is 2.07. The van der Waals surface area contributed by atoms with Gasteiger partial charge in [0.05, 0.1) is 6.54 Å². The number of carbonyl (C=O) groups excluding carboxylic acids is 1. The van der Waals surface area contributed by atoms with E-state index in [2.05, 4.69) is 15.2 Å². The first-order chi connectivity index (χ1) is 10.2. The zero-order valence-corrected chi connectivity index (χ0v) is 13.1. The number of nitrogens with zero attached hydrogens (tertiary/aromatic N) is 2.